The molecule has 1 aliphatic heterocycles. The van der Waals surface area contributed by atoms with Crippen LogP contribution in [0.4, 0.5) is 4.39 Å². The van der Waals surface area contributed by atoms with Crippen LogP contribution >= 0.6 is 11.3 Å². The largest absolute Gasteiger partial charge is 0.486 e. The Morgan fingerprint density at radius 2 is 2.12 bits per heavy atom. The summed E-state index contributed by atoms with van der Waals surface area (Å²) in [5.74, 6) is 1.31. The van der Waals surface area contributed by atoms with Gasteiger partial charge in [-0.15, -0.1) is 11.3 Å². The van der Waals surface area contributed by atoms with Gasteiger partial charge in [0.05, 0.1) is 5.69 Å². The van der Waals surface area contributed by atoms with E-state index in [2.05, 4.69) is 4.98 Å². The van der Waals surface area contributed by atoms with Gasteiger partial charge in [0.2, 0.25) is 0 Å². The van der Waals surface area contributed by atoms with Gasteiger partial charge < -0.3 is 15.4 Å². The minimum absolute atomic E-state index is 0.0506. The number of halogens is 1. The maximum atomic E-state index is 12.9. The zero-order valence-corrected chi connectivity index (χ0v) is 15.5. The molecule has 1 aromatic carbocycles. The summed E-state index contributed by atoms with van der Waals surface area (Å²) in [6, 6.07) is 6.08. The van der Waals surface area contributed by atoms with Crippen LogP contribution < -0.4 is 10.5 Å². The van der Waals surface area contributed by atoms with E-state index in [4.69, 9.17) is 10.5 Å². The summed E-state index contributed by atoms with van der Waals surface area (Å²) in [6.07, 6.45) is 2.19. The van der Waals surface area contributed by atoms with E-state index in [9.17, 15) is 9.18 Å². The Balaban J connectivity index is 1.41. The predicted molar refractivity (Wildman–Crippen MR) is 97.7 cm³/mol. The van der Waals surface area contributed by atoms with E-state index in [0.29, 0.717) is 22.5 Å². The third-order valence-corrected chi connectivity index (χ3v) is 6.53. The van der Waals surface area contributed by atoms with Crippen LogP contribution in [-0.4, -0.2) is 34.9 Å². The van der Waals surface area contributed by atoms with Gasteiger partial charge in [-0.05, 0) is 55.9 Å². The average Bonchev–Trinajstić information content (AvgIpc) is 3.30. The molecule has 1 amide bonds. The van der Waals surface area contributed by atoms with Crippen molar-refractivity contribution >= 4 is 17.2 Å². The number of hydrogen-bond acceptors (Lipinski definition) is 5. The number of nitrogens with zero attached hydrogens (tertiary/aromatic N) is 2. The lowest BCUT2D eigenvalue weighted by Crippen LogP contribution is -2.33. The zero-order valence-electron chi connectivity index (χ0n) is 14.7. The molecule has 0 bridgehead atoms. The molecule has 0 spiro atoms. The molecule has 1 saturated carbocycles. The summed E-state index contributed by atoms with van der Waals surface area (Å²) >= 11 is 1.37. The molecule has 3 atom stereocenters. The number of aryl methyl sites for hydroxylation is 1. The molecule has 1 saturated heterocycles. The first-order valence-corrected chi connectivity index (χ1v) is 9.72. The number of thiazole rings is 1. The first-order valence-electron chi connectivity index (χ1n) is 8.91. The first-order chi connectivity index (χ1) is 12.5. The van der Waals surface area contributed by atoms with Crippen LogP contribution in [-0.2, 0) is 6.61 Å². The van der Waals surface area contributed by atoms with Gasteiger partial charge in [-0.3, -0.25) is 4.79 Å². The fraction of sp³-hybridized carbons (Fsp3) is 0.474. The monoisotopic (exact) mass is 375 g/mol. The van der Waals surface area contributed by atoms with Crippen LogP contribution in [0.25, 0.3) is 0 Å². The molecular formula is C19H22FN3O2S. The molecule has 3 unspecified atom stereocenters. The van der Waals surface area contributed by atoms with Crippen molar-refractivity contribution < 1.29 is 13.9 Å². The normalized spacial score (nSPS) is 24.7. The van der Waals surface area contributed by atoms with Crippen molar-refractivity contribution in [2.75, 3.05) is 13.1 Å². The molecule has 1 aliphatic carbocycles. The van der Waals surface area contributed by atoms with Crippen LogP contribution in [0.1, 0.15) is 33.2 Å². The number of aromatic nitrogens is 1. The zero-order chi connectivity index (χ0) is 18.3. The molecule has 2 aliphatic rings. The van der Waals surface area contributed by atoms with E-state index >= 15 is 0 Å². The first kappa shape index (κ1) is 17.4. The fourth-order valence-electron chi connectivity index (χ4n) is 4.01. The van der Waals surface area contributed by atoms with Crippen LogP contribution in [0.3, 0.4) is 0 Å². The molecule has 2 heterocycles. The van der Waals surface area contributed by atoms with E-state index < -0.39 is 0 Å². The van der Waals surface area contributed by atoms with Crippen molar-refractivity contribution in [3.05, 3.63) is 45.7 Å². The van der Waals surface area contributed by atoms with Gasteiger partial charge in [-0.25, -0.2) is 9.37 Å². The Morgan fingerprint density at radius 1 is 1.35 bits per heavy atom. The second kappa shape index (κ2) is 6.96. The highest BCUT2D eigenvalue weighted by Gasteiger charge is 2.43. The lowest BCUT2D eigenvalue weighted by Gasteiger charge is -2.18. The van der Waals surface area contributed by atoms with Gasteiger partial charge in [0.15, 0.2) is 0 Å². The van der Waals surface area contributed by atoms with Crippen molar-refractivity contribution in [3.8, 4) is 5.75 Å². The second-order valence-corrected chi connectivity index (χ2v) is 8.22. The molecule has 7 heteroatoms. The number of nitrogens with two attached hydrogens (primary N) is 1. The number of rotatable bonds is 4. The van der Waals surface area contributed by atoms with Crippen molar-refractivity contribution in [3.63, 3.8) is 0 Å². The molecule has 2 aromatic rings. The highest BCUT2D eigenvalue weighted by atomic mass is 32.1. The van der Waals surface area contributed by atoms with Crippen LogP contribution in [0.5, 0.6) is 5.75 Å². The van der Waals surface area contributed by atoms with E-state index in [0.717, 1.165) is 36.6 Å². The van der Waals surface area contributed by atoms with E-state index in [1.54, 1.807) is 12.1 Å². The quantitative estimate of drug-likeness (QED) is 0.892. The van der Waals surface area contributed by atoms with Crippen molar-refractivity contribution in [2.24, 2.45) is 17.6 Å². The van der Waals surface area contributed by atoms with Crippen LogP contribution in [0.15, 0.2) is 24.3 Å². The lowest BCUT2D eigenvalue weighted by atomic mass is 9.98. The van der Waals surface area contributed by atoms with Gasteiger partial charge in [0, 0.05) is 19.1 Å². The van der Waals surface area contributed by atoms with E-state index in [1.165, 1.54) is 23.5 Å². The summed E-state index contributed by atoms with van der Waals surface area (Å²) in [4.78, 5) is 20.0. The Bertz CT molecular complexity index is 808. The second-order valence-electron chi connectivity index (χ2n) is 7.14. The van der Waals surface area contributed by atoms with E-state index in [-0.39, 0.29) is 24.4 Å². The number of ether oxygens (including phenoxy) is 1. The number of carbonyl (C=O) groups excluding carboxylic acids is 1. The molecule has 0 radical (unpaired) electrons. The van der Waals surface area contributed by atoms with Crippen molar-refractivity contribution in [1.82, 2.24) is 9.88 Å². The van der Waals surface area contributed by atoms with Gasteiger partial charge >= 0.3 is 0 Å². The van der Waals surface area contributed by atoms with Gasteiger partial charge in [0.1, 0.15) is 28.1 Å². The molecule has 5 nitrogen and oxygen atoms in total. The minimum atomic E-state index is -0.301. The highest BCUT2D eigenvalue weighted by molar-refractivity contribution is 7.13. The van der Waals surface area contributed by atoms with Gasteiger partial charge in [0.25, 0.3) is 5.91 Å². The average molecular weight is 375 g/mol. The number of fused-ring (bicyclic) bond motifs is 1. The van der Waals surface area contributed by atoms with Gasteiger partial charge in [-0.2, -0.15) is 0 Å². The van der Waals surface area contributed by atoms with E-state index in [1.807, 2.05) is 11.8 Å². The summed E-state index contributed by atoms with van der Waals surface area (Å²) in [7, 11) is 0. The standard InChI is InChI=1S/C19H22FN3O2S/c1-11-18(19(24)23-8-12-2-7-16(21)15(12)9-23)26-17(22-11)10-25-14-5-3-13(20)4-6-14/h3-6,12,15-16H,2,7-10,21H2,1H3. The maximum absolute atomic E-state index is 12.9. The number of carbonyl (C=O) groups is 1. The molecule has 138 valence electrons. The highest BCUT2D eigenvalue weighted by Crippen LogP contribution is 2.38. The molecule has 4 rings (SSSR count). The summed E-state index contributed by atoms with van der Waals surface area (Å²) in [5.41, 5.74) is 6.91. The third kappa shape index (κ3) is 3.33. The minimum Gasteiger partial charge on any atom is -0.486 e. The molecule has 2 fully saturated rings. The van der Waals surface area contributed by atoms with Crippen molar-refractivity contribution in [2.45, 2.75) is 32.4 Å². The summed E-state index contributed by atoms with van der Waals surface area (Å²) in [5, 5.41) is 0.742. The predicted octanol–water partition coefficient (Wildman–Crippen LogP) is 2.98. The summed E-state index contributed by atoms with van der Waals surface area (Å²) < 4.78 is 18.6. The number of hydrogen-bond donors (Lipinski definition) is 1. The third-order valence-electron chi connectivity index (χ3n) is 5.41. The molecule has 2 N–H and O–H groups in total. The van der Waals surface area contributed by atoms with Crippen LogP contribution in [0, 0.1) is 24.6 Å². The van der Waals surface area contributed by atoms with Gasteiger partial charge in [-0.1, -0.05) is 0 Å². The topological polar surface area (TPSA) is 68.5 Å². The maximum Gasteiger partial charge on any atom is 0.265 e. The number of likely N-dealkylation sites (tertiary alicyclic amines) is 1. The smallest absolute Gasteiger partial charge is 0.265 e. The molecule has 26 heavy (non-hydrogen) atoms. The Morgan fingerprint density at radius 3 is 2.85 bits per heavy atom. The van der Waals surface area contributed by atoms with Crippen molar-refractivity contribution in [1.29, 1.82) is 0 Å². The SMILES string of the molecule is Cc1nc(COc2ccc(F)cc2)sc1C(=O)N1CC2CCC(N)C2C1. The Kier molecular flexibility index (Phi) is 4.67. The molecular weight excluding hydrogens is 353 g/mol. The molecule has 1 aromatic heterocycles. The fourth-order valence-corrected chi connectivity index (χ4v) is 4.95. The lowest BCUT2D eigenvalue weighted by molar-refractivity contribution is 0.0783. The summed E-state index contributed by atoms with van der Waals surface area (Å²) in [6.45, 7) is 3.67. The number of amides is 1. The number of benzene rings is 1. The Labute approximate surface area is 156 Å². The van der Waals surface area contributed by atoms with Crippen LogP contribution in [0.2, 0.25) is 0 Å². The Hall–Kier alpha value is -1.99.